The first kappa shape index (κ1) is 43.0. The molecule has 4 N–H and O–H groups in total. The van der Waals surface area contributed by atoms with Crippen LogP contribution in [0.2, 0.25) is 0 Å². The van der Waals surface area contributed by atoms with Gasteiger partial charge < -0.3 is 44.6 Å². The summed E-state index contributed by atoms with van der Waals surface area (Å²) >= 11 is 0. The summed E-state index contributed by atoms with van der Waals surface area (Å²) in [6, 6.07) is 8.21. The Bertz CT molecular complexity index is 2490. The third-order valence-corrected chi connectivity index (χ3v) is 12.4. The number of fused-ring (bicyclic) bond motifs is 2. The summed E-state index contributed by atoms with van der Waals surface area (Å²) in [5, 5.41) is 7.12. The van der Waals surface area contributed by atoms with E-state index in [2.05, 4.69) is 58.4 Å². The molecule has 0 unspecified atom stereocenters. The van der Waals surface area contributed by atoms with E-state index < -0.39 is 24.3 Å². The minimum Gasteiger partial charge on any atom is -0.493 e. The third kappa shape index (κ3) is 8.47. The topological polar surface area (TPSA) is 184 Å². The van der Waals surface area contributed by atoms with Gasteiger partial charge in [-0.05, 0) is 91.0 Å². The Labute approximate surface area is 356 Å². The Morgan fingerprint density at radius 2 is 1.61 bits per heavy atom. The molecule has 2 fully saturated rings. The van der Waals surface area contributed by atoms with Gasteiger partial charge in [-0.2, -0.15) is 0 Å². The summed E-state index contributed by atoms with van der Waals surface area (Å²) in [6.07, 6.45) is 4.91. The molecular weight excluding hydrogens is 777 g/mol. The zero-order valence-electron chi connectivity index (χ0n) is 36.5. The molecule has 4 amide bonds. The highest BCUT2D eigenvalue weighted by Gasteiger charge is 2.42. The molecule has 2 aromatic heterocycles. The number of carbonyl (C=O) groups is 4. The van der Waals surface area contributed by atoms with Crippen molar-refractivity contribution in [3.8, 4) is 11.3 Å². The van der Waals surface area contributed by atoms with Crippen LogP contribution < -0.4 is 21.1 Å². The minimum absolute atomic E-state index is 0.0230. The molecule has 3 aliphatic rings. The van der Waals surface area contributed by atoms with Crippen LogP contribution in [0.15, 0.2) is 42.3 Å². The van der Waals surface area contributed by atoms with Gasteiger partial charge in [0.25, 0.3) is 0 Å². The number of nitrogens with one attached hydrogen (secondary N) is 4. The van der Waals surface area contributed by atoms with Crippen molar-refractivity contribution < 1.29 is 33.4 Å². The summed E-state index contributed by atoms with van der Waals surface area (Å²) in [6.45, 7) is 19.1. The average Bonchev–Trinajstić information content (AvgIpc) is 4.06. The maximum absolute atomic E-state index is 13.9. The Balaban J connectivity index is 1.14. The molecule has 5 heterocycles. The number of hydrogen-bond donors (Lipinski definition) is 4. The fraction of sp³-hybridized carbons (Fsp3) is 0.478. The molecule has 2 saturated heterocycles. The van der Waals surface area contributed by atoms with Gasteiger partial charge >= 0.3 is 12.2 Å². The molecule has 0 saturated carbocycles. The van der Waals surface area contributed by atoms with Gasteiger partial charge in [0.1, 0.15) is 36.1 Å². The molecule has 324 valence electrons. The van der Waals surface area contributed by atoms with E-state index >= 15 is 0 Å². The van der Waals surface area contributed by atoms with E-state index in [1.54, 1.807) is 6.20 Å². The number of aromatic nitrogens is 4. The standard InChI is InChI=1S/C46H58N8O7/c1-23(2)38(51-45(57)59-9)43(55)53-21-25(5)17-37(53)42-48-34-15-13-29(27(7)40(34)50-42)19-33-28(8)61-22-31-18-30(12-14-32(31)33)35-20-47-41(49-35)36-16-11-26(6)54(36)44(56)39(24(3)4)52-46(58)60-10/h12-15,18-20,23-26,36-39H,7,11,16-17,21-22H2,1-6,8-10H3,(H,47,49)(H,48,50)(H,51,57)(H,52,58)/b29-19-/t25-,26-,36-,37-,38-,39-/m0/s1. The maximum atomic E-state index is 13.9. The van der Waals surface area contributed by atoms with E-state index in [0.717, 1.165) is 74.4 Å². The molecule has 15 nitrogen and oxygen atoms in total. The van der Waals surface area contributed by atoms with Crippen molar-refractivity contribution in [2.24, 2.45) is 17.8 Å². The molecule has 3 aliphatic heterocycles. The van der Waals surface area contributed by atoms with Crippen LogP contribution in [0.1, 0.15) is 103 Å². The SMILES string of the molecule is C=c1/c(=C\C2=C(C)OCc3cc(-c4cnc([C@@H]5CC[C@H](C)N5C(=O)[C@@H](NC(=O)OC)C(C)C)[nH]4)ccc32)ccc2nc([C@@H]3C[C@H](C)CN3C(=O)[C@@H](NC(=O)OC)C(C)C)[nH]c12. The monoisotopic (exact) mass is 834 g/mol. The number of alkyl carbamates (subject to hydrolysis) is 2. The quantitative estimate of drug-likeness (QED) is 0.153. The van der Waals surface area contributed by atoms with E-state index in [1.165, 1.54) is 14.2 Å². The fourth-order valence-electron chi connectivity index (χ4n) is 8.96. The predicted octanol–water partition coefficient (Wildman–Crippen LogP) is 5.83. The normalized spacial score (nSPS) is 21.5. The van der Waals surface area contributed by atoms with Crippen LogP contribution in [0.25, 0.3) is 40.5 Å². The third-order valence-electron chi connectivity index (χ3n) is 12.4. The highest BCUT2D eigenvalue weighted by atomic mass is 16.5. The number of methoxy groups -OCH3 is 2. The number of ether oxygens (including phenoxy) is 3. The second-order valence-corrected chi connectivity index (χ2v) is 17.4. The van der Waals surface area contributed by atoms with Gasteiger partial charge in [0.05, 0.1) is 49.2 Å². The smallest absolute Gasteiger partial charge is 0.407 e. The van der Waals surface area contributed by atoms with Crippen LogP contribution in [-0.4, -0.2) is 92.6 Å². The van der Waals surface area contributed by atoms with E-state index in [1.807, 2.05) is 63.5 Å². The van der Waals surface area contributed by atoms with Crippen molar-refractivity contribution in [2.75, 3.05) is 20.8 Å². The Morgan fingerprint density at radius 1 is 0.918 bits per heavy atom. The van der Waals surface area contributed by atoms with Crippen molar-refractivity contribution in [3.63, 3.8) is 0 Å². The number of hydrogen-bond acceptors (Lipinski definition) is 9. The molecule has 0 spiro atoms. The highest BCUT2D eigenvalue weighted by molar-refractivity contribution is 5.93. The number of aromatic amines is 2. The van der Waals surface area contributed by atoms with Gasteiger partial charge in [-0.15, -0.1) is 0 Å². The molecule has 15 heteroatoms. The van der Waals surface area contributed by atoms with Crippen LogP contribution in [0.3, 0.4) is 0 Å². The second kappa shape index (κ2) is 17.5. The predicted molar refractivity (Wildman–Crippen MR) is 232 cm³/mol. The van der Waals surface area contributed by atoms with Crippen molar-refractivity contribution in [1.82, 2.24) is 40.4 Å². The lowest BCUT2D eigenvalue weighted by molar-refractivity contribution is -0.137. The first-order valence-electron chi connectivity index (χ1n) is 21.1. The first-order chi connectivity index (χ1) is 29.1. The number of likely N-dealkylation sites (tertiary alicyclic amines) is 2. The number of imidazole rings is 2. The zero-order valence-corrected chi connectivity index (χ0v) is 36.5. The molecule has 0 aliphatic carbocycles. The number of H-pyrrole nitrogens is 2. The van der Waals surface area contributed by atoms with Gasteiger partial charge in [-0.25, -0.2) is 19.6 Å². The summed E-state index contributed by atoms with van der Waals surface area (Å²) in [7, 11) is 2.58. The minimum atomic E-state index is -0.731. The van der Waals surface area contributed by atoms with E-state index in [0.29, 0.717) is 24.8 Å². The molecule has 6 atom stereocenters. The van der Waals surface area contributed by atoms with Crippen LogP contribution in [0.4, 0.5) is 9.59 Å². The van der Waals surface area contributed by atoms with Crippen LogP contribution in [0.5, 0.6) is 0 Å². The number of nitrogens with zero attached hydrogens (tertiary/aromatic N) is 4. The Kier molecular flexibility index (Phi) is 12.3. The largest absolute Gasteiger partial charge is 0.493 e. The molecule has 0 bridgehead atoms. The number of allylic oxidation sites excluding steroid dienone is 2. The van der Waals surface area contributed by atoms with Gasteiger partial charge in [0, 0.05) is 23.4 Å². The molecule has 2 aromatic carbocycles. The summed E-state index contributed by atoms with van der Waals surface area (Å²) in [5.41, 5.74) is 6.31. The lowest BCUT2D eigenvalue weighted by Gasteiger charge is -2.32. The number of rotatable bonds is 10. The van der Waals surface area contributed by atoms with Crippen molar-refractivity contribution in [2.45, 2.75) is 105 Å². The summed E-state index contributed by atoms with van der Waals surface area (Å²) in [4.78, 5) is 72.4. The maximum Gasteiger partial charge on any atom is 0.407 e. The van der Waals surface area contributed by atoms with Crippen LogP contribution in [0, 0.1) is 17.8 Å². The number of carbonyl (C=O) groups excluding carboxylic acids is 4. The fourth-order valence-corrected chi connectivity index (χ4v) is 8.96. The van der Waals surface area contributed by atoms with Crippen LogP contribution >= 0.6 is 0 Å². The molecule has 61 heavy (non-hydrogen) atoms. The molecular formula is C46H58N8O7. The van der Waals surface area contributed by atoms with Crippen molar-refractivity contribution >= 4 is 53.3 Å². The number of benzene rings is 2. The van der Waals surface area contributed by atoms with E-state index in [9.17, 15) is 19.2 Å². The Morgan fingerprint density at radius 3 is 2.28 bits per heavy atom. The lowest BCUT2D eigenvalue weighted by atomic mass is 9.93. The number of amides is 4. The van der Waals surface area contributed by atoms with Gasteiger partial charge in [0.2, 0.25) is 11.8 Å². The summed E-state index contributed by atoms with van der Waals surface area (Å²) in [5.74, 6) is 1.82. The zero-order chi connectivity index (χ0) is 43.9. The molecule has 7 rings (SSSR count). The average molecular weight is 835 g/mol. The van der Waals surface area contributed by atoms with Gasteiger partial charge in [-0.1, -0.05) is 59.4 Å². The van der Waals surface area contributed by atoms with Crippen molar-refractivity contribution in [1.29, 1.82) is 0 Å². The highest BCUT2D eigenvalue weighted by Crippen LogP contribution is 2.39. The van der Waals surface area contributed by atoms with Crippen LogP contribution in [-0.2, 0) is 30.4 Å². The second-order valence-electron chi connectivity index (χ2n) is 17.4. The van der Waals surface area contributed by atoms with Crippen molar-refractivity contribution in [3.05, 3.63) is 75.5 Å². The summed E-state index contributed by atoms with van der Waals surface area (Å²) < 4.78 is 15.8. The molecule has 4 aromatic rings. The van der Waals surface area contributed by atoms with E-state index in [4.69, 9.17) is 24.2 Å². The van der Waals surface area contributed by atoms with Gasteiger partial charge in [-0.3, -0.25) is 9.59 Å². The Hall–Kier alpha value is -6.12. The first-order valence-corrected chi connectivity index (χ1v) is 21.1. The molecule has 0 radical (unpaired) electrons. The van der Waals surface area contributed by atoms with Gasteiger partial charge in [0.15, 0.2) is 0 Å². The van der Waals surface area contributed by atoms with E-state index in [-0.39, 0.29) is 47.7 Å². The lowest BCUT2D eigenvalue weighted by Crippen LogP contribution is -2.52.